The van der Waals surface area contributed by atoms with E-state index < -0.39 is 0 Å². The number of hydrogen-bond acceptors (Lipinski definition) is 2. The van der Waals surface area contributed by atoms with Crippen molar-refractivity contribution < 1.29 is 4.79 Å². The number of aromatic nitrogens is 1. The van der Waals surface area contributed by atoms with Crippen molar-refractivity contribution in [2.45, 2.75) is 19.4 Å². The first-order valence-electron chi connectivity index (χ1n) is 5.05. The monoisotopic (exact) mass is 215 g/mol. The van der Waals surface area contributed by atoms with Crippen molar-refractivity contribution in [1.82, 2.24) is 10.3 Å². The van der Waals surface area contributed by atoms with E-state index >= 15 is 0 Å². The van der Waals surface area contributed by atoms with E-state index in [9.17, 15) is 4.79 Å². The van der Waals surface area contributed by atoms with E-state index in [-0.39, 0.29) is 11.6 Å². The number of nitrogens with zero attached hydrogens (tertiary/aromatic N) is 2. The Bertz CT molecular complexity index is 473. The molecule has 2 heterocycles. The maximum atomic E-state index is 11.8. The first-order chi connectivity index (χ1) is 7.53. The van der Waals surface area contributed by atoms with Crippen LogP contribution in [0.5, 0.6) is 0 Å². The Morgan fingerprint density at radius 3 is 2.94 bits per heavy atom. The lowest BCUT2D eigenvalue weighted by atomic mass is 10.1. The number of pyridine rings is 1. The summed E-state index contributed by atoms with van der Waals surface area (Å²) in [6.07, 6.45) is 7.02. The van der Waals surface area contributed by atoms with Gasteiger partial charge in [-0.15, -0.1) is 6.42 Å². The van der Waals surface area contributed by atoms with Gasteiger partial charge in [0, 0.05) is 6.20 Å². The Morgan fingerprint density at radius 1 is 1.62 bits per heavy atom. The van der Waals surface area contributed by atoms with E-state index in [0.717, 1.165) is 0 Å². The van der Waals surface area contributed by atoms with Crippen LogP contribution in [-0.2, 0) is 0 Å². The molecule has 0 radical (unpaired) electrons. The van der Waals surface area contributed by atoms with Gasteiger partial charge in [0.25, 0.3) is 0 Å². The zero-order valence-corrected chi connectivity index (χ0v) is 9.32. The fraction of sp³-hybridized carbons (Fsp3) is 0.333. The molecule has 1 fully saturated rings. The quantitative estimate of drug-likeness (QED) is 0.719. The average Bonchev–Trinajstić information content (AvgIpc) is 2.52. The number of rotatable bonds is 1. The first kappa shape index (κ1) is 10.5. The van der Waals surface area contributed by atoms with Crippen LogP contribution < -0.4 is 10.2 Å². The second kappa shape index (κ2) is 3.53. The lowest BCUT2D eigenvalue weighted by Crippen LogP contribution is -2.36. The number of carbonyl (C=O) groups is 1. The summed E-state index contributed by atoms with van der Waals surface area (Å²) in [7, 11) is 0. The average molecular weight is 215 g/mol. The molecule has 1 aliphatic heterocycles. The molecule has 4 heteroatoms. The standard InChI is InChI=1S/C12H13N3O/c1-4-9-6-5-7-13-10(9)15-8-12(2,3)14-11(15)16/h1,5-7H,8H2,2-3H3,(H,14,16). The van der Waals surface area contributed by atoms with E-state index in [1.54, 1.807) is 23.2 Å². The van der Waals surface area contributed by atoms with E-state index in [0.29, 0.717) is 17.9 Å². The lowest BCUT2D eigenvalue weighted by Gasteiger charge is -2.17. The van der Waals surface area contributed by atoms with Gasteiger partial charge in [-0.25, -0.2) is 9.78 Å². The summed E-state index contributed by atoms with van der Waals surface area (Å²) >= 11 is 0. The van der Waals surface area contributed by atoms with Gasteiger partial charge in [-0.3, -0.25) is 4.90 Å². The summed E-state index contributed by atoms with van der Waals surface area (Å²) in [5.41, 5.74) is 0.385. The van der Waals surface area contributed by atoms with Crippen molar-refractivity contribution >= 4 is 11.8 Å². The van der Waals surface area contributed by atoms with Gasteiger partial charge in [0.1, 0.15) is 0 Å². The van der Waals surface area contributed by atoms with Crippen LogP contribution in [-0.4, -0.2) is 23.1 Å². The molecule has 1 aromatic heterocycles. The molecule has 0 aromatic carbocycles. The predicted molar refractivity (Wildman–Crippen MR) is 62.1 cm³/mol. The number of nitrogens with one attached hydrogen (secondary N) is 1. The van der Waals surface area contributed by atoms with Gasteiger partial charge in [-0.05, 0) is 26.0 Å². The summed E-state index contributed by atoms with van der Waals surface area (Å²) in [4.78, 5) is 17.5. The highest BCUT2D eigenvalue weighted by molar-refractivity contribution is 5.95. The number of hydrogen-bond donors (Lipinski definition) is 1. The molecule has 16 heavy (non-hydrogen) atoms. The van der Waals surface area contributed by atoms with Gasteiger partial charge in [-0.1, -0.05) is 5.92 Å². The van der Waals surface area contributed by atoms with Crippen LogP contribution in [0.2, 0.25) is 0 Å². The zero-order valence-electron chi connectivity index (χ0n) is 9.32. The highest BCUT2D eigenvalue weighted by Gasteiger charge is 2.36. The molecule has 1 aromatic rings. The maximum Gasteiger partial charge on any atom is 0.323 e. The molecule has 0 atom stereocenters. The molecule has 0 aliphatic carbocycles. The third-order valence-electron chi connectivity index (χ3n) is 2.44. The van der Waals surface area contributed by atoms with E-state index in [4.69, 9.17) is 6.42 Å². The molecule has 2 rings (SSSR count). The third-order valence-corrected chi connectivity index (χ3v) is 2.44. The summed E-state index contributed by atoms with van der Waals surface area (Å²) in [5, 5.41) is 2.87. The Kier molecular flexibility index (Phi) is 2.31. The van der Waals surface area contributed by atoms with Crippen molar-refractivity contribution in [2.24, 2.45) is 0 Å². The van der Waals surface area contributed by atoms with Crippen molar-refractivity contribution in [3.63, 3.8) is 0 Å². The molecule has 1 saturated heterocycles. The number of urea groups is 1. The van der Waals surface area contributed by atoms with Crippen LogP contribution in [0.25, 0.3) is 0 Å². The van der Waals surface area contributed by atoms with Gasteiger partial charge in [0.2, 0.25) is 0 Å². The summed E-state index contributed by atoms with van der Waals surface area (Å²) in [6, 6.07) is 3.39. The van der Waals surface area contributed by atoms with E-state index in [2.05, 4.69) is 16.2 Å². The summed E-state index contributed by atoms with van der Waals surface area (Å²) in [5.74, 6) is 3.09. The van der Waals surface area contributed by atoms with Gasteiger partial charge >= 0.3 is 6.03 Å². The molecule has 4 nitrogen and oxygen atoms in total. The molecule has 0 bridgehead atoms. The van der Waals surface area contributed by atoms with Gasteiger partial charge in [0.05, 0.1) is 17.6 Å². The van der Waals surface area contributed by atoms with Gasteiger partial charge in [0.15, 0.2) is 5.82 Å². The Balaban J connectivity index is 2.40. The molecule has 1 aliphatic rings. The molecule has 82 valence electrons. The molecule has 0 spiro atoms. The largest absolute Gasteiger partial charge is 0.331 e. The lowest BCUT2D eigenvalue weighted by molar-refractivity contribution is 0.248. The minimum Gasteiger partial charge on any atom is -0.331 e. The van der Waals surface area contributed by atoms with Gasteiger partial charge in [-0.2, -0.15) is 0 Å². The smallest absolute Gasteiger partial charge is 0.323 e. The number of anilines is 1. The van der Waals surface area contributed by atoms with E-state index in [1.807, 2.05) is 13.8 Å². The maximum absolute atomic E-state index is 11.8. The topological polar surface area (TPSA) is 45.2 Å². The Labute approximate surface area is 94.7 Å². The summed E-state index contributed by atoms with van der Waals surface area (Å²) in [6.45, 7) is 4.49. The molecular formula is C12H13N3O. The van der Waals surface area contributed by atoms with Crippen LogP contribution in [0.1, 0.15) is 19.4 Å². The fourth-order valence-corrected chi connectivity index (χ4v) is 1.76. The van der Waals surface area contributed by atoms with Crippen LogP contribution in [0.4, 0.5) is 10.6 Å². The van der Waals surface area contributed by atoms with Crippen LogP contribution >= 0.6 is 0 Å². The fourth-order valence-electron chi connectivity index (χ4n) is 1.76. The van der Waals surface area contributed by atoms with Crippen LogP contribution in [0, 0.1) is 12.3 Å². The van der Waals surface area contributed by atoms with Crippen molar-refractivity contribution in [2.75, 3.05) is 11.4 Å². The molecule has 2 amide bonds. The molecule has 0 unspecified atom stereocenters. The molecular weight excluding hydrogens is 202 g/mol. The minimum absolute atomic E-state index is 0.153. The number of amides is 2. The normalized spacial score (nSPS) is 18.1. The SMILES string of the molecule is C#Cc1cccnc1N1CC(C)(C)NC1=O. The van der Waals surface area contributed by atoms with E-state index in [1.165, 1.54) is 0 Å². The summed E-state index contributed by atoms with van der Waals surface area (Å²) < 4.78 is 0. The number of carbonyl (C=O) groups excluding carboxylic acids is 1. The first-order valence-corrected chi connectivity index (χ1v) is 5.05. The Morgan fingerprint density at radius 2 is 2.38 bits per heavy atom. The van der Waals surface area contributed by atoms with Crippen LogP contribution in [0.15, 0.2) is 18.3 Å². The second-order valence-electron chi connectivity index (χ2n) is 4.42. The highest BCUT2D eigenvalue weighted by atomic mass is 16.2. The predicted octanol–water partition coefficient (Wildman–Crippen LogP) is 1.37. The Hall–Kier alpha value is -2.02. The van der Waals surface area contributed by atoms with Gasteiger partial charge < -0.3 is 5.32 Å². The highest BCUT2D eigenvalue weighted by Crippen LogP contribution is 2.23. The molecule has 1 N–H and O–H groups in total. The van der Waals surface area contributed by atoms with Crippen molar-refractivity contribution in [3.05, 3.63) is 23.9 Å². The van der Waals surface area contributed by atoms with Crippen LogP contribution in [0.3, 0.4) is 0 Å². The third kappa shape index (κ3) is 1.72. The van der Waals surface area contributed by atoms with Crippen molar-refractivity contribution in [3.8, 4) is 12.3 Å². The number of terminal acetylenes is 1. The zero-order chi connectivity index (χ0) is 11.8. The minimum atomic E-state index is -0.250. The second-order valence-corrected chi connectivity index (χ2v) is 4.42. The molecule has 0 saturated carbocycles. The van der Waals surface area contributed by atoms with Crippen molar-refractivity contribution in [1.29, 1.82) is 0 Å².